The van der Waals surface area contributed by atoms with Gasteiger partial charge in [0.1, 0.15) is 17.8 Å². The number of piperidine rings is 1. The van der Waals surface area contributed by atoms with Gasteiger partial charge in [0.25, 0.3) is 5.69 Å². The number of benzene rings is 1. The van der Waals surface area contributed by atoms with E-state index in [1.54, 1.807) is 32.0 Å². The first-order chi connectivity index (χ1) is 15.7. The number of rotatable bonds is 5. The highest BCUT2D eigenvalue weighted by molar-refractivity contribution is 5.82. The molecular weight excluding hydrogens is 429 g/mol. The van der Waals surface area contributed by atoms with Crippen molar-refractivity contribution in [3.05, 3.63) is 39.6 Å². The van der Waals surface area contributed by atoms with Crippen LogP contribution in [0.4, 0.5) is 27.8 Å². The number of nitrogens with zero attached hydrogens (tertiary/aromatic N) is 8. The van der Waals surface area contributed by atoms with Crippen molar-refractivity contribution in [1.82, 2.24) is 19.5 Å². The first-order valence-corrected chi connectivity index (χ1v) is 10.4. The van der Waals surface area contributed by atoms with E-state index in [0.29, 0.717) is 40.9 Å². The molecule has 1 aliphatic rings. The highest BCUT2D eigenvalue weighted by Gasteiger charge is 2.31. The standard InChI is InChI=1S/C21H24FN9O2/c1-12-5-18-16(7-17(12)31(32)33)26-21(29(18)4)30-10-14(22)6-15(11-30)25-20-24-9-13(8-23)19(27-20)28(2)3/h5,7,9,14-15H,6,10-11H2,1-4H3,(H,24,25,27)/t14-,15-/m1/s1. The third-order valence-corrected chi connectivity index (χ3v) is 5.70. The molecule has 3 aromatic rings. The van der Waals surface area contributed by atoms with Crippen LogP contribution in [0.25, 0.3) is 11.0 Å². The Labute approximate surface area is 189 Å². The van der Waals surface area contributed by atoms with Gasteiger partial charge in [0.15, 0.2) is 5.82 Å². The molecule has 0 spiro atoms. The number of halogens is 1. The molecule has 2 atom stereocenters. The van der Waals surface area contributed by atoms with Crippen molar-refractivity contribution < 1.29 is 9.31 Å². The van der Waals surface area contributed by atoms with E-state index in [2.05, 4.69) is 26.3 Å². The van der Waals surface area contributed by atoms with Crippen LogP contribution in [-0.2, 0) is 7.05 Å². The van der Waals surface area contributed by atoms with Gasteiger partial charge in [-0.15, -0.1) is 0 Å². The maximum Gasteiger partial charge on any atom is 0.274 e. The number of hydrogen-bond donors (Lipinski definition) is 1. The average Bonchev–Trinajstić information content (AvgIpc) is 3.08. The summed E-state index contributed by atoms with van der Waals surface area (Å²) >= 11 is 0. The molecule has 0 aliphatic carbocycles. The molecule has 3 heterocycles. The average molecular weight is 453 g/mol. The third-order valence-electron chi connectivity index (χ3n) is 5.70. The lowest BCUT2D eigenvalue weighted by Gasteiger charge is -2.35. The molecule has 1 aromatic carbocycles. The van der Waals surface area contributed by atoms with Gasteiger partial charge >= 0.3 is 0 Å². The first-order valence-electron chi connectivity index (χ1n) is 10.4. The molecule has 12 heteroatoms. The minimum absolute atomic E-state index is 0.00312. The molecular formula is C21H24FN9O2. The van der Waals surface area contributed by atoms with Crippen LogP contribution in [0.15, 0.2) is 18.3 Å². The number of nitro groups is 1. The van der Waals surface area contributed by atoms with E-state index in [1.165, 1.54) is 12.3 Å². The van der Waals surface area contributed by atoms with Crippen molar-refractivity contribution in [3.8, 4) is 6.07 Å². The summed E-state index contributed by atoms with van der Waals surface area (Å²) in [5.41, 5.74) is 2.12. The number of alkyl halides is 1. The predicted molar refractivity (Wildman–Crippen MR) is 122 cm³/mol. The maximum absolute atomic E-state index is 14.7. The predicted octanol–water partition coefficient (Wildman–Crippen LogP) is 2.55. The zero-order chi connectivity index (χ0) is 23.9. The Bertz CT molecular complexity index is 1270. The van der Waals surface area contributed by atoms with Crippen molar-refractivity contribution in [1.29, 1.82) is 5.26 Å². The van der Waals surface area contributed by atoms with Crippen LogP contribution in [0, 0.1) is 28.4 Å². The summed E-state index contributed by atoms with van der Waals surface area (Å²) in [4.78, 5) is 27.6. The lowest BCUT2D eigenvalue weighted by Crippen LogP contribution is -2.48. The fourth-order valence-electron chi connectivity index (χ4n) is 4.15. The van der Waals surface area contributed by atoms with Crippen LogP contribution in [-0.4, -0.2) is 63.8 Å². The summed E-state index contributed by atoms with van der Waals surface area (Å²) in [7, 11) is 5.38. The molecule has 1 saturated heterocycles. The highest BCUT2D eigenvalue weighted by Crippen LogP contribution is 2.30. The van der Waals surface area contributed by atoms with Gasteiger partial charge in [-0.2, -0.15) is 10.2 Å². The van der Waals surface area contributed by atoms with Crippen molar-refractivity contribution in [2.24, 2.45) is 7.05 Å². The first kappa shape index (κ1) is 22.2. The van der Waals surface area contributed by atoms with Crippen LogP contribution in [0.5, 0.6) is 0 Å². The van der Waals surface area contributed by atoms with E-state index >= 15 is 0 Å². The maximum atomic E-state index is 14.7. The fourth-order valence-corrected chi connectivity index (χ4v) is 4.15. The molecule has 4 rings (SSSR count). The van der Waals surface area contributed by atoms with Crippen molar-refractivity contribution in [2.45, 2.75) is 25.6 Å². The van der Waals surface area contributed by atoms with E-state index in [4.69, 9.17) is 0 Å². The van der Waals surface area contributed by atoms with Crippen molar-refractivity contribution >= 4 is 34.4 Å². The number of anilines is 3. The molecule has 2 aromatic heterocycles. The summed E-state index contributed by atoms with van der Waals surface area (Å²) in [6, 6.07) is 4.94. The monoisotopic (exact) mass is 453 g/mol. The van der Waals surface area contributed by atoms with Gasteiger partial charge in [0.05, 0.1) is 28.7 Å². The van der Waals surface area contributed by atoms with Crippen LogP contribution in [0.2, 0.25) is 0 Å². The second-order valence-corrected chi connectivity index (χ2v) is 8.37. The highest BCUT2D eigenvalue weighted by atomic mass is 19.1. The Kier molecular flexibility index (Phi) is 5.71. The molecule has 172 valence electrons. The molecule has 0 saturated carbocycles. The van der Waals surface area contributed by atoms with E-state index in [9.17, 15) is 19.8 Å². The quantitative estimate of drug-likeness (QED) is 0.457. The van der Waals surface area contributed by atoms with Gasteiger partial charge in [-0.3, -0.25) is 10.1 Å². The van der Waals surface area contributed by atoms with Crippen molar-refractivity contribution in [2.75, 3.05) is 42.3 Å². The molecule has 33 heavy (non-hydrogen) atoms. The number of fused-ring (bicyclic) bond motifs is 1. The molecule has 11 nitrogen and oxygen atoms in total. The normalized spacial score (nSPS) is 18.2. The summed E-state index contributed by atoms with van der Waals surface area (Å²) in [6.07, 6.45) is 0.601. The molecule has 1 N–H and O–H groups in total. The summed E-state index contributed by atoms with van der Waals surface area (Å²) < 4.78 is 16.5. The minimum atomic E-state index is -1.11. The second-order valence-electron chi connectivity index (χ2n) is 8.37. The van der Waals surface area contributed by atoms with Gasteiger partial charge in [0, 0.05) is 51.8 Å². The van der Waals surface area contributed by atoms with E-state index in [1.807, 2.05) is 16.5 Å². The summed E-state index contributed by atoms with van der Waals surface area (Å²) in [6.45, 7) is 2.29. The number of imidazole rings is 1. The second kappa shape index (κ2) is 8.50. The van der Waals surface area contributed by atoms with Gasteiger partial charge in [-0.25, -0.2) is 14.4 Å². The topological polar surface area (TPSA) is 129 Å². The largest absolute Gasteiger partial charge is 0.361 e. The molecule has 1 fully saturated rings. The van der Waals surface area contributed by atoms with Gasteiger partial charge in [-0.1, -0.05) is 0 Å². The SMILES string of the molecule is Cc1cc2c(cc1[N+](=O)[O-])nc(N1C[C@H](F)C[C@@H](Nc3ncc(C#N)c(N(C)C)n3)C1)n2C. The van der Waals surface area contributed by atoms with E-state index < -0.39 is 11.1 Å². The summed E-state index contributed by atoms with van der Waals surface area (Å²) in [5.74, 6) is 1.33. The zero-order valence-corrected chi connectivity index (χ0v) is 18.8. The fraction of sp³-hybridized carbons (Fsp3) is 0.429. The van der Waals surface area contributed by atoms with Crippen molar-refractivity contribution in [3.63, 3.8) is 0 Å². The number of aryl methyl sites for hydroxylation is 2. The summed E-state index contributed by atoms with van der Waals surface area (Å²) in [5, 5.41) is 23.7. The Balaban J connectivity index is 1.61. The Hall–Kier alpha value is -4.01. The molecule has 0 unspecified atom stereocenters. The van der Waals surface area contributed by atoms with Gasteiger partial charge in [-0.05, 0) is 13.0 Å². The number of hydrogen-bond acceptors (Lipinski definition) is 9. The molecule has 0 radical (unpaired) electrons. The Morgan fingerprint density at radius 1 is 1.33 bits per heavy atom. The number of nitrogens with one attached hydrogen (secondary N) is 1. The van der Waals surface area contributed by atoms with Gasteiger partial charge in [0.2, 0.25) is 11.9 Å². The van der Waals surface area contributed by atoms with Crippen LogP contribution < -0.4 is 15.1 Å². The number of aromatic nitrogens is 4. The Morgan fingerprint density at radius 2 is 2.09 bits per heavy atom. The number of nitriles is 1. The molecule has 0 amide bonds. The van der Waals surface area contributed by atoms with Crippen LogP contribution >= 0.6 is 0 Å². The zero-order valence-electron chi connectivity index (χ0n) is 18.8. The van der Waals surface area contributed by atoms with Crippen LogP contribution in [0.1, 0.15) is 17.5 Å². The smallest absolute Gasteiger partial charge is 0.274 e. The lowest BCUT2D eigenvalue weighted by atomic mass is 10.0. The number of nitro benzene ring substituents is 1. The van der Waals surface area contributed by atoms with Gasteiger partial charge < -0.3 is 19.7 Å². The van der Waals surface area contributed by atoms with E-state index in [0.717, 1.165) is 5.52 Å². The molecule has 1 aliphatic heterocycles. The third kappa shape index (κ3) is 4.21. The van der Waals surface area contributed by atoms with Crippen LogP contribution in [0.3, 0.4) is 0 Å². The Morgan fingerprint density at radius 3 is 2.76 bits per heavy atom. The van der Waals surface area contributed by atoms with E-state index in [-0.39, 0.29) is 24.7 Å². The minimum Gasteiger partial charge on any atom is -0.361 e. The lowest BCUT2D eigenvalue weighted by molar-refractivity contribution is -0.385. The molecule has 0 bridgehead atoms.